The van der Waals surface area contributed by atoms with Crippen LogP contribution in [0.15, 0.2) is 48.5 Å². The first kappa shape index (κ1) is 20.3. The van der Waals surface area contributed by atoms with E-state index < -0.39 is 17.8 Å². The van der Waals surface area contributed by atoms with Crippen LogP contribution in [0.25, 0.3) is 0 Å². The fourth-order valence-electron chi connectivity index (χ4n) is 3.68. The Hall–Kier alpha value is -2.40. The first-order valence-electron chi connectivity index (χ1n) is 9.43. The predicted molar refractivity (Wildman–Crippen MR) is 108 cm³/mol. The molecule has 3 rings (SSSR count). The van der Waals surface area contributed by atoms with Gasteiger partial charge in [-0.15, -0.1) is 0 Å². The Balaban J connectivity index is 2.02. The van der Waals surface area contributed by atoms with Gasteiger partial charge in [0.2, 0.25) is 11.8 Å². The molecule has 1 N–H and O–H groups in total. The summed E-state index contributed by atoms with van der Waals surface area (Å²) in [6, 6.07) is 11.4. The maximum Gasteiger partial charge on any atom is 0.248 e. The van der Waals surface area contributed by atoms with Crippen molar-refractivity contribution in [1.82, 2.24) is 5.32 Å². The molecule has 0 aliphatic heterocycles. The highest BCUT2D eigenvalue weighted by Gasteiger charge is 2.34. The van der Waals surface area contributed by atoms with Crippen LogP contribution in [0.1, 0.15) is 43.7 Å². The Bertz CT molecular complexity index is 852. The highest BCUT2D eigenvalue weighted by Crippen LogP contribution is 2.33. The average molecular weight is 402 g/mol. The number of amides is 2. The van der Waals surface area contributed by atoms with Crippen molar-refractivity contribution in [3.63, 3.8) is 0 Å². The number of halogens is 2. The fourth-order valence-corrected chi connectivity index (χ4v) is 3.92. The topological polar surface area (TPSA) is 49.4 Å². The molecule has 1 saturated carbocycles. The SMILES string of the molecule is [CH2]C(=O)N(c1cccc(F)c1)C(C(=O)NC1CCCCC1)c1ccccc1Cl. The second-order valence-electron chi connectivity index (χ2n) is 7.01. The fraction of sp³-hybridized carbons (Fsp3) is 0.318. The van der Waals surface area contributed by atoms with Gasteiger partial charge in [0.1, 0.15) is 11.9 Å². The van der Waals surface area contributed by atoms with Gasteiger partial charge in [-0.1, -0.05) is 55.1 Å². The van der Waals surface area contributed by atoms with Crippen molar-refractivity contribution in [3.8, 4) is 0 Å². The summed E-state index contributed by atoms with van der Waals surface area (Å²) >= 11 is 6.36. The molecule has 0 saturated heterocycles. The minimum atomic E-state index is -1.04. The number of nitrogens with zero attached hydrogens (tertiary/aromatic N) is 1. The predicted octanol–water partition coefficient (Wildman–Crippen LogP) is 4.84. The Morgan fingerprint density at radius 1 is 1.11 bits per heavy atom. The van der Waals surface area contributed by atoms with Crippen molar-refractivity contribution in [2.45, 2.75) is 44.2 Å². The first-order chi connectivity index (χ1) is 13.5. The Morgan fingerprint density at radius 3 is 2.46 bits per heavy atom. The van der Waals surface area contributed by atoms with E-state index in [2.05, 4.69) is 12.2 Å². The van der Waals surface area contributed by atoms with E-state index in [0.717, 1.165) is 32.1 Å². The van der Waals surface area contributed by atoms with Gasteiger partial charge in [-0.3, -0.25) is 14.5 Å². The molecule has 0 bridgehead atoms. The molecule has 28 heavy (non-hydrogen) atoms. The molecule has 2 amide bonds. The Kier molecular flexibility index (Phi) is 6.68. The van der Waals surface area contributed by atoms with Crippen molar-refractivity contribution in [2.75, 3.05) is 4.90 Å². The van der Waals surface area contributed by atoms with Gasteiger partial charge in [0.15, 0.2) is 0 Å². The van der Waals surface area contributed by atoms with Crippen LogP contribution in [0.5, 0.6) is 0 Å². The van der Waals surface area contributed by atoms with Gasteiger partial charge < -0.3 is 5.32 Å². The minimum Gasteiger partial charge on any atom is -0.351 e. The monoisotopic (exact) mass is 401 g/mol. The summed E-state index contributed by atoms with van der Waals surface area (Å²) in [6.07, 6.45) is 5.08. The van der Waals surface area contributed by atoms with Gasteiger partial charge in [0.05, 0.1) is 0 Å². The normalized spacial score (nSPS) is 15.7. The smallest absolute Gasteiger partial charge is 0.248 e. The number of rotatable bonds is 5. The number of benzene rings is 2. The zero-order valence-electron chi connectivity index (χ0n) is 15.5. The second-order valence-corrected chi connectivity index (χ2v) is 7.42. The van der Waals surface area contributed by atoms with Crippen LogP contribution >= 0.6 is 11.6 Å². The summed E-state index contributed by atoms with van der Waals surface area (Å²) in [6.45, 7) is 3.49. The van der Waals surface area contributed by atoms with E-state index in [1.165, 1.54) is 23.1 Å². The maximum atomic E-state index is 13.8. The van der Waals surface area contributed by atoms with Crippen LogP contribution in [-0.2, 0) is 9.59 Å². The molecule has 1 aliphatic carbocycles. The molecular weight excluding hydrogens is 379 g/mol. The van der Waals surface area contributed by atoms with Gasteiger partial charge in [0, 0.05) is 29.2 Å². The number of nitrogens with one attached hydrogen (secondary N) is 1. The van der Waals surface area contributed by atoms with Crippen molar-refractivity contribution in [3.05, 3.63) is 71.9 Å². The van der Waals surface area contributed by atoms with Crippen molar-refractivity contribution >= 4 is 29.1 Å². The molecule has 2 aromatic carbocycles. The summed E-state index contributed by atoms with van der Waals surface area (Å²) in [5.74, 6) is -1.47. The zero-order valence-corrected chi connectivity index (χ0v) is 16.3. The first-order valence-corrected chi connectivity index (χ1v) is 9.80. The van der Waals surface area contributed by atoms with Crippen LogP contribution in [0.2, 0.25) is 5.02 Å². The molecule has 6 heteroatoms. The molecule has 2 aromatic rings. The van der Waals surface area contributed by atoms with E-state index in [1.807, 2.05) is 0 Å². The second kappa shape index (κ2) is 9.20. The molecular formula is C22H23ClFN2O2. The van der Waals surface area contributed by atoms with Gasteiger partial charge in [-0.2, -0.15) is 0 Å². The van der Waals surface area contributed by atoms with Gasteiger partial charge >= 0.3 is 0 Å². The molecule has 1 aliphatic rings. The third-order valence-electron chi connectivity index (χ3n) is 5.01. The number of carbonyl (C=O) groups excluding carboxylic acids is 2. The third-order valence-corrected chi connectivity index (χ3v) is 5.36. The molecule has 0 spiro atoms. The third kappa shape index (κ3) is 4.71. The van der Waals surface area contributed by atoms with Crippen LogP contribution in [0.4, 0.5) is 10.1 Å². The molecule has 147 valence electrons. The number of carbonyl (C=O) groups is 2. The zero-order chi connectivity index (χ0) is 20.1. The Labute approximate surface area is 169 Å². The van der Waals surface area contributed by atoms with Crippen LogP contribution in [0, 0.1) is 12.7 Å². The highest BCUT2D eigenvalue weighted by molar-refractivity contribution is 6.31. The number of anilines is 1. The standard InChI is InChI=1S/C22H23ClFN2O2/c1-15(27)26(18-11-7-8-16(24)14-18)21(19-12-5-6-13-20(19)23)22(28)25-17-9-3-2-4-10-17/h5-8,11-14,17,21H,1-4,9-10H2,(H,25,28). The van der Waals surface area contributed by atoms with Crippen LogP contribution in [-0.4, -0.2) is 17.9 Å². The molecule has 1 fully saturated rings. The quantitative estimate of drug-likeness (QED) is 0.779. The molecule has 1 radical (unpaired) electrons. The summed E-state index contributed by atoms with van der Waals surface area (Å²) in [4.78, 5) is 26.9. The van der Waals surface area contributed by atoms with E-state index in [1.54, 1.807) is 30.3 Å². The van der Waals surface area contributed by atoms with Crippen LogP contribution in [0.3, 0.4) is 0 Å². The summed E-state index contributed by atoms with van der Waals surface area (Å²) in [7, 11) is 0. The van der Waals surface area contributed by atoms with E-state index in [0.29, 0.717) is 10.6 Å². The molecule has 4 nitrogen and oxygen atoms in total. The van der Waals surface area contributed by atoms with Gasteiger partial charge in [-0.25, -0.2) is 4.39 Å². The van der Waals surface area contributed by atoms with Crippen molar-refractivity contribution in [1.29, 1.82) is 0 Å². The minimum absolute atomic E-state index is 0.0560. The van der Waals surface area contributed by atoms with E-state index in [-0.39, 0.29) is 17.6 Å². The average Bonchev–Trinajstić information content (AvgIpc) is 2.67. The van der Waals surface area contributed by atoms with Gasteiger partial charge in [-0.05, 0) is 37.1 Å². The largest absolute Gasteiger partial charge is 0.351 e. The molecule has 1 atom stereocenters. The highest BCUT2D eigenvalue weighted by atomic mass is 35.5. The van der Waals surface area contributed by atoms with Gasteiger partial charge in [0.25, 0.3) is 0 Å². The molecule has 0 heterocycles. The summed E-state index contributed by atoms with van der Waals surface area (Å²) in [5.41, 5.74) is 0.724. The van der Waals surface area contributed by atoms with E-state index in [9.17, 15) is 14.0 Å². The van der Waals surface area contributed by atoms with Crippen LogP contribution < -0.4 is 10.2 Å². The number of hydrogen-bond acceptors (Lipinski definition) is 2. The lowest BCUT2D eigenvalue weighted by molar-refractivity contribution is -0.126. The van der Waals surface area contributed by atoms with Crippen molar-refractivity contribution < 1.29 is 14.0 Å². The van der Waals surface area contributed by atoms with Crippen molar-refractivity contribution in [2.24, 2.45) is 0 Å². The molecule has 1 unspecified atom stereocenters. The summed E-state index contributed by atoms with van der Waals surface area (Å²) < 4.78 is 13.8. The molecule has 0 aromatic heterocycles. The maximum absolute atomic E-state index is 13.8. The lowest BCUT2D eigenvalue weighted by atomic mass is 9.94. The van der Waals surface area contributed by atoms with E-state index >= 15 is 0 Å². The number of hydrogen-bond donors (Lipinski definition) is 1. The summed E-state index contributed by atoms with van der Waals surface area (Å²) in [5, 5.41) is 3.41. The Morgan fingerprint density at radius 2 is 1.82 bits per heavy atom. The lowest BCUT2D eigenvalue weighted by Gasteiger charge is -2.33. The van der Waals surface area contributed by atoms with E-state index in [4.69, 9.17) is 11.6 Å². The lowest BCUT2D eigenvalue weighted by Crippen LogP contribution is -2.47.